The van der Waals surface area contributed by atoms with E-state index in [2.05, 4.69) is 5.32 Å². The first-order valence-corrected chi connectivity index (χ1v) is 5.73. The minimum absolute atomic E-state index is 0.232. The fourth-order valence-electron chi connectivity index (χ4n) is 1.08. The maximum absolute atomic E-state index is 5.74. The van der Waals surface area contributed by atoms with Gasteiger partial charge < -0.3 is 19.5 Å². The van der Waals surface area contributed by atoms with Crippen LogP contribution in [0.2, 0.25) is 0 Å². The third-order valence-electron chi connectivity index (χ3n) is 1.88. The van der Waals surface area contributed by atoms with Crippen LogP contribution in [0.5, 0.6) is 0 Å². The van der Waals surface area contributed by atoms with Crippen molar-refractivity contribution in [3.05, 3.63) is 0 Å². The molecule has 0 aromatic heterocycles. The van der Waals surface area contributed by atoms with Crippen LogP contribution in [-0.4, -0.2) is 59.1 Å². The predicted molar refractivity (Wildman–Crippen MR) is 61.7 cm³/mol. The third kappa shape index (κ3) is 10.4. The number of hydrogen-bond acceptors (Lipinski definition) is 4. The Kier molecular flexibility index (Phi) is 12.3. The summed E-state index contributed by atoms with van der Waals surface area (Å²) >= 11 is 5.74. The largest absolute Gasteiger partial charge is 0.383 e. The lowest BCUT2D eigenvalue weighted by atomic mass is 10.3. The van der Waals surface area contributed by atoms with E-state index in [1.165, 1.54) is 0 Å². The number of hydrogen-bond donors (Lipinski definition) is 1. The van der Waals surface area contributed by atoms with Crippen LogP contribution in [0.25, 0.3) is 0 Å². The Morgan fingerprint density at radius 3 is 2.53 bits per heavy atom. The number of methoxy groups -OCH3 is 2. The van der Waals surface area contributed by atoms with Gasteiger partial charge in [0.05, 0.1) is 19.8 Å². The second-order valence-corrected chi connectivity index (χ2v) is 3.53. The third-order valence-corrected chi connectivity index (χ3v) is 2.26. The van der Waals surface area contributed by atoms with E-state index in [9.17, 15) is 0 Å². The Balaban J connectivity index is 3.14. The summed E-state index contributed by atoms with van der Waals surface area (Å²) in [7, 11) is 3.34. The van der Waals surface area contributed by atoms with Gasteiger partial charge in [-0.3, -0.25) is 0 Å². The minimum Gasteiger partial charge on any atom is -0.383 e. The predicted octanol–water partition coefficient (Wildman–Crippen LogP) is 0.883. The van der Waals surface area contributed by atoms with Crippen LogP contribution in [0, 0.1) is 0 Å². The van der Waals surface area contributed by atoms with E-state index in [-0.39, 0.29) is 6.04 Å². The molecule has 0 fully saturated rings. The van der Waals surface area contributed by atoms with Crippen molar-refractivity contribution in [2.45, 2.75) is 12.5 Å². The summed E-state index contributed by atoms with van der Waals surface area (Å²) in [4.78, 5) is 0. The van der Waals surface area contributed by atoms with E-state index >= 15 is 0 Å². The zero-order chi connectivity index (χ0) is 11.4. The summed E-state index contributed by atoms with van der Waals surface area (Å²) in [6.45, 7) is 3.61. The van der Waals surface area contributed by atoms with Crippen molar-refractivity contribution < 1.29 is 14.2 Å². The number of alkyl halides is 1. The molecule has 1 unspecified atom stereocenters. The lowest BCUT2D eigenvalue weighted by Crippen LogP contribution is -2.35. The van der Waals surface area contributed by atoms with E-state index in [0.717, 1.165) is 19.6 Å². The van der Waals surface area contributed by atoms with Crippen LogP contribution in [0.3, 0.4) is 0 Å². The molecule has 0 heterocycles. The average molecular weight is 240 g/mol. The smallest absolute Gasteiger partial charge is 0.0700 e. The van der Waals surface area contributed by atoms with Gasteiger partial charge in [-0.05, 0) is 13.0 Å². The summed E-state index contributed by atoms with van der Waals surface area (Å²) in [5, 5.41) is 3.29. The zero-order valence-corrected chi connectivity index (χ0v) is 10.4. The van der Waals surface area contributed by atoms with Crippen LogP contribution >= 0.6 is 11.6 Å². The SMILES string of the molecule is COCCOCCCNC(CCl)COC. The maximum Gasteiger partial charge on any atom is 0.0700 e. The van der Waals surface area contributed by atoms with Crippen LogP contribution in [0.15, 0.2) is 0 Å². The molecule has 92 valence electrons. The zero-order valence-electron chi connectivity index (χ0n) is 9.63. The van der Waals surface area contributed by atoms with Crippen molar-refractivity contribution >= 4 is 11.6 Å². The Hall–Kier alpha value is 0.130. The highest BCUT2D eigenvalue weighted by molar-refractivity contribution is 6.18. The van der Waals surface area contributed by atoms with Crippen molar-refractivity contribution in [2.24, 2.45) is 0 Å². The summed E-state index contributed by atoms with van der Waals surface area (Å²) < 4.78 is 15.2. The van der Waals surface area contributed by atoms with Crippen molar-refractivity contribution in [3.63, 3.8) is 0 Å². The molecule has 0 saturated carbocycles. The van der Waals surface area contributed by atoms with Crippen molar-refractivity contribution in [1.82, 2.24) is 5.32 Å². The molecular weight excluding hydrogens is 218 g/mol. The van der Waals surface area contributed by atoms with Gasteiger partial charge in [0.2, 0.25) is 0 Å². The fraction of sp³-hybridized carbons (Fsp3) is 1.00. The average Bonchev–Trinajstić information content (AvgIpc) is 2.26. The standard InChI is InChI=1S/C10H22ClNO3/c1-13-6-7-15-5-3-4-12-10(8-11)9-14-2/h10,12H,3-9H2,1-2H3. The highest BCUT2D eigenvalue weighted by Gasteiger charge is 2.04. The van der Waals surface area contributed by atoms with Gasteiger partial charge in [0.25, 0.3) is 0 Å². The number of nitrogens with one attached hydrogen (secondary N) is 1. The highest BCUT2D eigenvalue weighted by atomic mass is 35.5. The molecule has 0 aromatic carbocycles. The number of ether oxygens (including phenoxy) is 3. The van der Waals surface area contributed by atoms with Crippen molar-refractivity contribution in [2.75, 3.05) is 53.1 Å². The maximum atomic E-state index is 5.74. The molecule has 1 atom stereocenters. The Bertz CT molecular complexity index is 127. The molecule has 0 rings (SSSR count). The topological polar surface area (TPSA) is 39.7 Å². The number of halogens is 1. The molecule has 0 aliphatic carbocycles. The molecule has 0 aliphatic heterocycles. The summed E-state index contributed by atoms with van der Waals surface area (Å²) in [6.07, 6.45) is 0.973. The second kappa shape index (κ2) is 12.2. The molecule has 4 nitrogen and oxygen atoms in total. The van der Waals surface area contributed by atoms with Gasteiger partial charge in [-0.1, -0.05) is 0 Å². The van der Waals surface area contributed by atoms with Gasteiger partial charge >= 0.3 is 0 Å². The molecule has 0 amide bonds. The van der Waals surface area contributed by atoms with E-state index in [4.69, 9.17) is 25.8 Å². The molecule has 15 heavy (non-hydrogen) atoms. The van der Waals surface area contributed by atoms with Crippen LogP contribution in [0.1, 0.15) is 6.42 Å². The fourth-order valence-corrected chi connectivity index (χ4v) is 1.28. The Morgan fingerprint density at radius 2 is 1.93 bits per heavy atom. The van der Waals surface area contributed by atoms with Gasteiger partial charge in [0.15, 0.2) is 0 Å². The van der Waals surface area contributed by atoms with Crippen LogP contribution in [0.4, 0.5) is 0 Å². The molecular formula is C10H22ClNO3. The molecule has 0 saturated heterocycles. The normalized spacial score (nSPS) is 13.0. The first kappa shape index (κ1) is 15.1. The van der Waals surface area contributed by atoms with Gasteiger partial charge in [0, 0.05) is 32.7 Å². The minimum atomic E-state index is 0.232. The van der Waals surface area contributed by atoms with Crippen LogP contribution in [-0.2, 0) is 14.2 Å². The second-order valence-electron chi connectivity index (χ2n) is 3.22. The molecule has 1 N–H and O–H groups in total. The Labute approximate surface area is 97.2 Å². The summed E-state index contributed by atoms with van der Waals surface area (Å²) in [6, 6.07) is 0.232. The van der Waals surface area contributed by atoms with E-state index in [0.29, 0.717) is 25.7 Å². The van der Waals surface area contributed by atoms with Crippen molar-refractivity contribution in [1.29, 1.82) is 0 Å². The van der Waals surface area contributed by atoms with Crippen molar-refractivity contribution in [3.8, 4) is 0 Å². The van der Waals surface area contributed by atoms with Gasteiger partial charge in [0.1, 0.15) is 0 Å². The van der Waals surface area contributed by atoms with E-state index in [1.54, 1.807) is 14.2 Å². The summed E-state index contributed by atoms with van der Waals surface area (Å²) in [5.74, 6) is 0.568. The first-order chi connectivity index (χ1) is 7.35. The van der Waals surface area contributed by atoms with E-state index < -0.39 is 0 Å². The molecule has 5 heteroatoms. The lowest BCUT2D eigenvalue weighted by molar-refractivity contribution is 0.0689. The van der Waals surface area contributed by atoms with Gasteiger partial charge in [-0.2, -0.15) is 0 Å². The monoisotopic (exact) mass is 239 g/mol. The molecule has 0 aromatic rings. The van der Waals surface area contributed by atoms with Crippen LogP contribution < -0.4 is 5.32 Å². The molecule has 0 aliphatic rings. The van der Waals surface area contributed by atoms with E-state index in [1.807, 2.05) is 0 Å². The van der Waals surface area contributed by atoms with Gasteiger partial charge in [-0.15, -0.1) is 11.6 Å². The molecule has 0 radical (unpaired) electrons. The first-order valence-electron chi connectivity index (χ1n) is 5.20. The Morgan fingerprint density at radius 1 is 1.13 bits per heavy atom. The summed E-state index contributed by atoms with van der Waals surface area (Å²) in [5.41, 5.74) is 0. The number of rotatable bonds is 11. The lowest BCUT2D eigenvalue weighted by Gasteiger charge is -2.14. The highest BCUT2D eigenvalue weighted by Crippen LogP contribution is 1.90. The quantitative estimate of drug-likeness (QED) is 0.429. The van der Waals surface area contributed by atoms with Gasteiger partial charge in [-0.25, -0.2) is 0 Å². The molecule has 0 spiro atoms. The molecule has 0 bridgehead atoms.